The lowest BCUT2D eigenvalue weighted by molar-refractivity contribution is 0.0943. The normalized spacial score (nSPS) is 10.6. The minimum atomic E-state index is -0.293. The molecular weight excluding hydrogens is 260 g/mol. The van der Waals surface area contributed by atoms with Crippen molar-refractivity contribution < 1.29 is 13.7 Å². The number of carbonyl (C=O) groups is 1. The van der Waals surface area contributed by atoms with Crippen LogP contribution in [0.5, 0.6) is 0 Å². The topological polar surface area (TPSA) is 86.1 Å². The molecule has 0 unspecified atom stereocenters. The van der Waals surface area contributed by atoms with Crippen LogP contribution in [0.15, 0.2) is 51.9 Å². The fraction of sp³-hybridized carbons (Fsp3) is 0.154. The van der Waals surface area contributed by atoms with Crippen LogP contribution in [0, 0.1) is 0 Å². The molecule has 0 spiro atoms. The van der Waals surface area contributed by atoms with Crippen molar-refractivity contribution in [3.8, 4) is 11.5 Å². The Labute approximate surface area is 114 Å². The van der Waals surface area contributed by atoms with Crippen molar-refractivity contribution in [3.05, 3.63) is 48.6 Å². The monoisotopic (exact) mass is 272 g/mol. The van der Waals surface area contributed by atoms with Crippen LogP contribution in [0.2, 0.25) is 0 Å². The fourth-order valence-corrected chi connectivity index (χ4v) is 1.72. The number of furan rings is 1. The smallest absolute Gasteiger partial charge is 0.273 e. The molecule has 0 fully saturated rings. The zero-order valence-electron chi connectivity index (χ0n) is 10.5. The average molecular weight is 272 g/mol. The van der Waals surface area contributed by atoms with Crippen LogP contribution in [0.25, 0.3) is 11.5 Å². The molecule has 0 saturated heterocycles. The van der Waals surface area contributed by atoms with E-state index in [1.807, 2.05) is 12.3 Å². The summed E-state index contributed by atoms with van der Waals surface area (Å²) in [7, 11) is 0. The Balaban J connectivity index is 1.57. The van der Waals surface area contributed by atoms with Gasteiger partial charge in [0.2, 0.25) is 5.76 Å². The summed E-state index contributed by atoms with van der Waals surface area (Å²) >= 11 is 0. The lowest BCUT2D eigenvalue weighted by Gasteiger charge is -2.02. The predicted octanol–water partition coefficient (Wildman–Crippen LogP) is 1.56. The van der Waals surface area contributed by atoms with Crippen LogP contribution in [-0.4, -0.2) is 27.4 Å². The van der Waals surface area contributed by atoms with E-state index in [4.69, 9.17) is 8.94 Å². The Bertz CT molecular complexity index is 670. The van der Waals surface area contributed by atoms with Gasteiger partial charge in [0.05, 0.1) is 12.8 Å². The summed E-state index contributed by atoms with van der Waals surface area (Å²) in [6.07, 6.45) is 5.05. The van der Waals surface area contributed by atoms with Gasteiger partial charge in [0, 0.05) is 25.0 Å². The first kappa shape index (κ1) is 12.2. The number of carbonyl (C=O) groups excluding carboxylic acids is 1. The molecule has 3 aromatic heterocycles. The molecule has 0 bridgehead atoms. The van der Waals surface area contributed by atoms with Crippen molar-refractivity contribution >= 4 is 5.91 Å². The summed E-state index contributed by atoms with van der Waals surface area (Å²) in [5.74, 6) is 0.666. The zero-order chi connectivity index (χ0) is 13.8. The van der Waals surface area contributed by atoms with Gasteiger partial charge >= 0.3 is 0 Å². The van der Waals surface area contributed by atoms with Gasteiger partial charge in [-0.15, -0.1) is 0 Å². The number of hydrogen-bond acceptors (Lipinski definition) is 5. The molecule has 0 aliphatic rings. The maximum atomic E-state index is 11.9. The summed E-state index contributed by atoms with van der Waals surface area (Å²) in [6.45, 7) is 1.06. The Morgan fingerprint density at radius 1 is 1.35 bits per heavy atom. The van der Waals surface area contributed by atoms with Crippen molar-refractivity contribution in [1.29, 1.82) is 0 Å². The minimum Gasteiger partial charge on any atom is -0.461 e. The largest absolute Gasteiger partial charge is 0.461 e. The molecule has 0 saturated carbocycles. The van der Waals surface area contributed by atoms with Gasteiger partial charge < -0.3 is 14.3 Å². The van der Waals surface area contributed by atoms with Crippen molar-refractivity contribution in [2.45, 2.75) is 6.54 Å². The minimum absolute atomic E-state index is 0.219. The molecule has 20 heavy (non-hydrogen) atoms. The standard InChI is InChI=1S/C13H12N4O3/c18-13(14-5-7-17-6-2-4-15-17)10-9-12(20-16-10)11-3-1-8-19-11/h1-4,6,8-9H,5,7H2,(H,14,18). The summed E-state index contributed by atoms with van der Waals surface area (Å²) in [5.41, 5.74) is 0.219. The molecule has 1 N–H and O–H groups in total. The van der Waals surface area contributed by atoms with E-state index in [9.17, 15) is 4.79 Å². The highest BCUT2D eigenvalue weighted by atomic mass is 16.5. The van der Waals surface area contributed by atoms with E-state index in [1.165, 1.54) is 6.26 Å². The molecule has 7 heteroatoms. The molecule has 102 valence electrons. The third-order valence-electron chi connectivity index (χ3n) is 2.69. The van der Waals surface area contributed by atoms with E-state index in [0.717, 1.165) is 0 Å². The third kappa shape index (κ3) is 2.61. The lowest BCUT2D eigenvalue weighted by atomic mass is 10.3. The molecule has 7 nitrogen and oxygen atoms in total. The van der Waals surface area contributed by atoms with Crippen LogP contribution in [0.4, 0.5) is 0 Å². The van der Waals surface area contributed by atoms with Crippen molar-refractivity contribution in [2.75, 3.05) is 6.54 Å². The SMILES string of the molecule is O=C(NCCn1cccn1)c1cc(-c2ccco2)on1. The fourth-order valence-electron chi connectivity index (χ4n) is 1.72. The number of amides is 1. The molecule has 0 atom stereocenters. The highest BCUT2D eigenvalue weighted by Gasteiger charge is 2.14. The van der Waals surface area contributed by atoms with Crippen LogP contribution < -0.4 is 5.32 Å². The van der Waals surface area contributed by atoms with Crippen molar-refractivity contribution in [2.24, 2.45) is 0 Å². The first-order chi connectivity index (χ1) is 9.83. The summed E-state index contributed by atoms with van der Waals surface area (Å²) in [4.78, 5) is 11.9. The van der Waals surface area contributed by atoms with Crippen molar-refractivity contribution in [3.63, 3.8) is 0 Å². The molecule has 0 aromatic carbocycles. The number of hydrogen-bond donors (Lipinski definition) is 1. The number of aromatic nitrogens is 3. The quantitative estimate of drug-likeness (QED) is 0.761. The number of rotatable bonds is 5. The van der Waals surface area contributed by atoms with Gasteiger partial charge in [0.1, 0.15) is 0 Å². The van der Waals surface area contributed by atoms with Gasteiger partial charge in [-0.1, -0.05) is 5.16 Å². The molecule has 0 radical (unpaired) electrons. The highest BCUT2D eigenvalue weighted by molar-refractivity contribution is 5.92. The second-order valence-corrected chi connectivity index (χ2v) is 4.08. The zero-order valence-corrected chi connectivity index (χ0v) is 10.5. The molecule has 3 rings (SSSR count). The van der Waals surface area contributed by atoms with E-state index in [2.05, 4.69) is 15.6 Å². The first-order valence-corrected chi connectivity index (χ1v) is 6.09. The van der Waals surface area contributed by atoms with Crippen LogP contribution in [0.1, 0.15) is 10.5 Å². The van der Waals surface area contributed by atoms with E-state index in [0.29, 0.717) is 24.6 Å². The van der Waals surface area contributed by atoms with Crippen LogP contribution in [0.3, 0.4) is 0 Å². The molecule has 3 heterocycles. The van der Waals surface area contributed by atoms with Gasteiger partial charge in [0.15, 0.2) is 11.5 Å². The number of nitrogens with one attached hydrogen (secondary N) is 1. The molecule has 0 aliphatic carbocycles. The second kappa shape index (κ2) is 5.43. The van der Waals surface area contributed by atoms with Gasteiger partial charge in [-0.25, -0.2) is 0 Å². The Morgan fingerprint density at radius 3 is 3.05 bits per heavy atom. The summed E-state index contributed by atoms with van der Waals surface area (Å²) in [5, 5.41) is 10.5. The van der Waals surface area contributed by atoms with Gasteiger partial charge in [-0.2, -0.15) is 5.10 Å². The van der Waals surface area contributed by atoms with E-state index < -0.39 is 0 Å². The number of nitrogens with zero attached hydrogens (tertiary/aromatic N) is 3. The van der Waals surface area contributed by atoms with E-state index in [1.54, 1.807) is 29.1 Å². The van der Waals surface area contributed by atoms with E-state index >= 15 is 0 Å². The van der Waals surface area contributed by atoms with Gasteiger partial charge in [0.25, 0.3) is 5.91 Å². The molecule has 0 aliphatic heterocycles. The van der Waals surface area contributed by atoms with Crippen molar-refractivity contribution in [1.82, 2.24) is 20.3 Å². The Morgan fingerprint density at radius 2 is 2.30 bits per heavy atom. The average Bonchev–Trinajstić information content (AvgIpc) is 3.20. The predicted molar refractivity (Wildman–Crippen MR) is 68.8 cm³/mol. The maximum absolute atomic E-state index is 11.9. The second-order valence-electron chi connectivity index (χ2n) is 4.08. The molecular formula is C13H12N4O3. The third-order valence-corrected chi connectivity index (χ3v) is 2.69. The van der Waals surface area contributed by atoms with Crippen LogP contribution >= 0.6 is 0 Å². The lowest BCUT2D eigenvalue weighted by Crippen LogP contribution is -2.27. The highest BCUT2D eigenvalue weighted by Crippen LogP contribution is 2.20. The van der Waals surface area contributed by atoms with Gasteiger partial charge in [-0.3, -0.25) is 9.48 Å². The summed E-state index contributed by atoms with van der Waals surface area (Å²) < 4.78 is 12.0. The maximum Gasteiger partial charge on any atom is 0.273 e. The summed E-state index contributed by atoms with van der Waals surface area (Å²) in [6, 6.07) is 6.85. The van der Waals surface area contributed by atoms with E-state index in [-0.39, 0.29) is 11.6 Å². The molecule has 3 aromatic rings. The van der Waals surface area contributed by atoms with Gasteiger partial charge in [-0.05, 0) is 18.2 Å². The molecule has 1 amide bonds. The Hall–Kier alpha value is -2.83. The Kier molecular flexibility index (Phi) is 3.32. The van der Waals surface area contributed by atoms with Crippen LogP contribution in [-0.2, 0) is 6.54 Å². The first-order valence-electron chi connectivity index (χ1n) is 6.09.